The summed E-state index contributed by atoms with van der Waals surface area (Å²) in [7, 11) is 0. The van der Waals surface area contributed by atoms with Crippen molar-refractivity contribution in [2.24, 2.45) is 0 Å². The van der Waals surface area contributed by atoms with Gasteiger partial charge in [0.2, 0.25) is 5.88 Å². The second-order valence-electron chi connectivity index (χ2n) is 4.33. The van der Waals surface area contributed by atoms with E-state index < -0.39 is 0 Å². The average Bonchev–Trinajstić information content (AvgIpc) is 2.17. The van der Waals surface area contributed by atoms with Gasteiger partial charge in [-0.3, -0.25) is 9.36 Å². The zero-order valence-electron chi connectivity index (χ0n) is 9.16. The molecule has 1 aliphatic heterocycles. The van der Waals surface area contributed by atoms with E-state index >= 15 is 0 Å². The summed E-state index contributed by atoms with van der Waals surface area (Å²) in [5.74, 6) is 0.668. The fraction of sp³-hybridized carbons (Fsp3) is 0.636. The molecule has 1 N–H and O–H groups in total. The van der Waals surface area contributed by atoms with Gasteiger partial charge < -0.3 is 5.11 Å². The average molecular weight is 208 g/mol. The molecule has 0 amide bonds. The summed E-state index contributed by atoms with van der Waals surface area (Å²) < 4.78 is 1.71. The van der Waals surface area contributed by atoms with Crippen molar-refractivity contribution >= 4 is 0 Å². The summed E-state index contributed by atoms with van der Waals surface area (Å²) in [5.41, 5.74) is 0.382. The van der Waals surface area contributed by atoms with Crippen molar-refractivity contribution in [3.8, 4) is 5.88 Å². The topological polar surface area (TPSA) is 55.1 Å². The minimum absolute atomic E-state index is 0.0183. The van der Waals surface area contributed by atoms with Gasteiger partial charge in [0, 0.05) is 13.0 Å². The van der Waals surface area contributed by atoms with Crippen molar-refractivity contribution in [3.05, 3.63) is 21.7 Å². The molecule has 0 radical (unpaired) electrons. The molecule has 0 saturated heterocycles. The van der Waals surface area contributed by atoms with Crippen LogP contribution in [0.3, 0.4) is 0 Å². The molecule has 4 heteroatoms. The number of aromatic hydroxyl groups is 1. The van der Waals surface area contributed by atoms with Crippen LogP contribution in [0.4, 0.5) is 0 Å². The van der Waals surface area contributed by atoms with Gasteiger partial charge in [-0.05, 0) is 18.8 Å². The largest absolute Gasteiger partial charge is 0.493 e. The van der Waals surface area contributed by atoms with E-state index in [0.29, 0.717) is 5.56 Å². The van der Waals surface area contributed by atoms with Crippen molar-refractivity contribution in [2.45, 2.75) is 45.6 Å². The van der Waals surface area contributed by atoms with Gasteiger partial charge in [-0.2, -0.15) is 4.98 Å². The Kier molecular flexibility index (Phi) is 2.50. The van der Waals surface area contributed by atoms with Gasteiger partial charge in [0.05, 0.1) is 5.56 Å². The molecule has 2 heterocycles. The lowest BCUT2D eigenvalue weighted by Crippen LogP contribution is -2.31. The molecule has 1 aromatic rings. The monoisotopic (exact) mass is 208 g/mol. The molecule has 0 unspecified atom stereocenters. The maximum Gasteiger partial charge on any atom is 0.260 e. The molecule has 0 atom stereocenters. The highest BCUT2D eigenvalue weighted by atomic mass is 16.3. The fourth-order valence-electron chi connectivity index (χ4n) is 2.08. The number of nitrogens with zero attached hydrogens (tertiary/aromatic N) is 2. The van der Waals surface area contributed by atoms with E-state index in [0.717, 1.165) is 31.6 Å². The van der Waals surface area contributed by atoms with Crippen molar-refractivity contribution in [2.75, 3.05) is 0 Å². The Balaban J connectivity index is 2.65. The van der Waals surface area contributed by atoms with Crippen molar-refractivity contribution in [1.82, 2.24) is 9.55 Å². The van der Waals surface area contributed by atoms with E-state index in [1.54, 1.807) is 4.57 Å². The van der Waals surface area contributed by atoms with Crippen LogP contribution >= 0.6 is 0 Å². The zero-order chi connectivity index (χ0) is 11.0. The Bertz CT molecular complexity index is 435. The van der Waals surface area contributed by atoms with Crippen molar-refractivity contribution in [1.29, 1.82) is 0 Å². The molecule has 82 valence electrons. The normalized spacial score (nSPS) is 15.4. The third-order valence-electron chi connectivity index (χ3n) is 2.87. The van der Waals surface area contributed by atoms with Gasteiger partial charge in [-0.15, -0.1) is 0 Å². The molecule has 0 aromatic carbocycles. The van der Waals surface area contributed by atoms with Crippen LogP contribution in [0.5, 0.6) is 5.88 Å². The first-order valence-electron chi connectivity index (χ1n) is 5.44. The molecule has 0 fully saturated rings. The predicted molar refractivity (Wildman–Crippen MR) is 57.2 cm³/mol. The fourth-order valence-corrected chi connectivity index (χ4v) is 2.08. The predicted octanol–water partition coefficient (Wildman–Crippen LogP) is 1.41. The Morgan fingerprint density at radius 3 is 2.80 bits per heavy atom. The quantitative estimate of drug-likeness (QED) is 0.759. The van der Waals surface area contributed by atoms with E-state index in [2.05, 4.69) is 4.98 Å². The Hall–Kier alpha value is -1.32. The number of aryl methyl sites for hydroxylation is 1. The maximum atomic E-state index is 12.0. The van der Waals surface area contributed by atoms with Crippen LogP contribution in [0.2, 0.25) is 0 Å². The molecular weight excluding hydrogens is 192 g/mol. The molecule has 1 aliphatic rings. The number of fused-ring (bicyclic) bond motifs is 1. The van der Waals surface area contributed by atoms with E-state index in [4.69, 9.17) is 0 Å². The van der Waals surface area contributed by atoms with E-state index in [1.807, 2.05) is 13.8 Å². The van der Waals surface area contributed by atoms with Crippen LogP contribution in [0, 0.1) is 0 Å². The molecule has 15 heavy (non-hydrogen) atoms. The third-order valence-corrected chi connectivity index (χ3v) is 2.87. The first-order valence-corrected chi connectivity index (χ1v) is 5.44. The van der Waals surface area contributed by atoms with Gasteiger partial charge in [-0.25, -0.2) is 0 Å². The van der Waals surface area contributed by atoms with Gasteiger partial charge in [0.15, 0.2) is 0 Å². The summed E-state index contributed by atoms with van der Waals surface area (Å²) in [6, 6.07) is 0. The lowest BCUT2D eigenvalue weighted by atomic mass is 10.0. The third kappa shape index (κ3) is 1.64. The molecule has 0 saturated carbocycles. The molecular formula is C11H16N2O2. The standard InChI is InChI=1S/C11H16N2O2/c1-7(2)9-10(14)12-8-5-3-4-6-13(8)11(9)15/h7,14H,3-6H2,1-2H3. The summed E-state index contributed by atoms with van der Waals surface area (Å²) >= 11 is 0. The number of hydrogen-bond donors (Lipinski definition) is 1. The maximum absolute atomic E-state index is 12.0. The van der Waals surface area contributed by atoms with Crippen molar-refractivity contribution in [3.63, 3.8) is 0 Å². The number of aromatic nitrogens is 2. The number of hydrogen-bond acceptors (Lipinski definition) is 3. The van der Waals surface area contributed by atoms with Gasteiger partial charge in [-0.1, -0.05) is 13.8 Å². The molecule has 0 bridgehead atoms. The highest BCUT2D eigenvalue weighted by Gasteiger charge is 2.20. The molecule has 2 rings (SSSR count). The summed E-state index contributed by atoms with van der Waals surface area (Å²) in [5, 5.41) is 9.69. The highest BCUT2D eigenvalue weighted by molar-refractivity contribution is 5.26. The van der Waals surface area contributed by atoms with E-state index in [9.17, 15) is 9.90 Å². The Labute approximate surface area is 88.6 Å². The minimum Gasteiger partial charge on any atom is -0.493 e. The summed E-state index contributed by atoms with van der Waals surface area (Å²) in [4.78, 5) is 16.2. The lowest BCUT2D eigenvalue weighted by molar-refractivity contribution is 0.411. The Morgan fingerprint density at radius 2 is 2.13 bits per heavy atom. The first-order chi connectivity index (χ1) is 7.11. The second kappa shape index (κ2) is 3.68. The van der Waals surface area contributed by atoms with Gasteiger partial charge in [0.25, 0.3) is 5.56 Å². The second-order valence-corrected chi connectivity index (χ2v) is 4.33. The highest BCUT2D eigenvalue weighted by Crippen LogP contribution is 2.21. The van der Waals surface area contributed by atoms with E-state index in [1.165, 1.54) is 0 Å². The van der Waals surface area contributed by atoms with Crippen LogP contribution < -0.4 is 5.56 Å². The molecule has 4 nitrogen and oxygen atoms in total. The van der Waals surface area contributed by atoms with Crippen LogP contribution in [-0.2, 0) is 13.0 Å². The first kappa shape index (κ1) is 10.2. The van der Waals surface area contributed by atoms with Gasteiger partial charge >= 0.3 is 0 Å². The van der Waals surface area contributed by atoms with E-state index in [-0.39, 0.29) is 17.4 Å². The Morgan fingerprint density at radius 1 is 1.40 bits per heavy atom. The SMILES string of the molecule is CC(C)c1c(O)nc2n(c1=O)CCCC2. The van der Waals surface area contributed by atoms with Crippen LogP contribution in [0.25, 0.3) is 0 Å². The molecule has 0 spiro atoms. The minimum atomic E-state index is -0.0804. The van der Waals surface area contributed by atoms with Crippen LogP contribution in [0.1, 0.15) is 44.0 Å². The lowest BCUT2D eigenvalue weighted by Gasteiger charge is -2.19. The summed E-state index contributed by atoms with van der Waals surface area (Å²) in [6.45, 7) is 4.53. The van der Waals surface area contributed by atoms with Crippen LogP contribution in [-0.4, -0.2) is 14.7 Å². The summed E-state index contributed by atoms with van der Waals surface area (Å²) in [6.07, 6.45) is 2.87. The molecule has 0 aliphatic carbocycles. The van der Waals surface area contributed by atoms with Gasteiger partial charge in [0.1, 0.15) is 5.82 Å². The smallest absolute Gasteiger partial charge is 0.260 e. The van der Waals surface area contributed by atoms with Crippen LogP contribution in [0.15, 0.2) is 4.79 Å². The van der Waals surface area contributed by atoms with Crippen molar-refractivity contribution < 1.29 is 5.11 Å². The number of rotatable bonds is 1. The zero-order valence-corrected chi connectivity index (χ0v) is 9.16. The molecule has 1 aromatic heterocycles.